The number of hydrogen-bond donors (Lipinski definition) is 0. The van der Waals surface area contributed by atoms with Gasteiger partial charge in [0.1, 0.15) is 17.2 Å². The minimum absolute atomic E-state index is 0.0603. The molecule has 8 heteroatoms. The second-order valence-corrected chi connectivity index (χ2v) is 12.1. The number of hydrogen-bond acceptors (Lipinski definition) is 6. The molecular weight excluding hydrogens is 437 g/mol. The van der Waals surface area contributed by atoms with Crippen LogP contribution in [-0.2, 0) is 0 Å². The van der Waals surface area contributed by atoms with Gasteiger partial charge < -0.3 is 13.8 Å². The molecule has 0 aliphatic heterocycles. The molecule has 1 heterocycles. The fourth-order valence-corrected chi connectivity index (χ4v) is 6.55. The van der Waals surface area contributed by atoms with Crippen LogP contribution in [0.25, 0.3) is 0 Å². The van der Waals surface area contributed by atoms with Crippen molar-refractivity contribution in [3.63, 3.8) is 0 Å². The summed E-state index contributed by atoms with van der Waals surface area (Å²) in [5.41, 5.74) is 1.86. The van der Waals surface area contributed by atoms with Gasteiger partial charge in [-0.1, -0.05) is 39.0 Å². The van der Waals surface area contributed by atoms with E-state index in [1.54, 1.807) is 18.2 Å². The third-order valence-electron chi connectivity index (χ3n) is 5.44. The number of para-hydroxylation sites is 1. The Balaban J connectivity index is 2.29. The first kappa shape index (κ1) is 24.6. The third kappa shape index (κ3) is 5.14. The summed E-state index contributed by atoms with van der Waals surface area (Å²) in [6, 6.07) is 18.2. The monoisotopic (exact) mass is 469 g/mol. The maximum absolute atomic E-state index is 11.7. The first-order chi connectivity index (χ1) is 15.6. The Morgan fingerprint density at radius 2 is 1.76 bits per heavy atom. The molecule has 7 nitrogen and oxygen atoms in total. The zero-order valence-corrected chi connectivity index (χ0v) is 21.0. The summed E-state index contributed by atoms with van der Waals surface area (Å²) >= 11 is 0. The average Bonchev–Trinajstić information content (AvgIpc) is 3.20. The summed E-state index contributed by atoms with van der Waals surface area (Å²) in [5, 5.41) is 11.2. The van der Waals surface area contributed by atoms with Crippen LogP contribution < -0.4 is 14.9 Å². The van der Waals surface area contributed by atoms with Crippen molar-refractivity contribution in [2.24, 2.45) is 4.74 Å². The van der Waals surface area contributed by atoms with Crippen molar-refractivity contribution in [2.75, 3.05) is 18.0 Å². The lowest BCUT2D eigenvalue weighted by Gasteiger charge is -2.35. The van der Waals surface area contributed by atoms with Crippen LogP contribution in [0.3, 0.4) is 0 Å². The number of nitro benzene ring substituents is 1. The summed E-state index contributed by atoms with van der Waals surface area (Å²) in [5.74, 6) is 1.39. The van der Waals surface area contributed by atoms with Gasteiger partial charge in [-0.3, -0.25) is 10.1 Å². The van der Waals surface area contributed by atoms with Gasteiger partial charge >= 0.3 is 0 Å². The fraction of sp³-hybridized carbons (Fsp3) is 0.360. The second-order valence-electron chi connectivity index (χ2n) is 8.74. The summed E-state index contributed by atoms with van der Waals surface area (Å²) < 4.78 is 17.9. The molecule has 0 aliphatic carbocycles. The van der Waals surface area contributed by atoms with Crippen LogP contribution in [0.1, 0.15) is 40.4 Å². The quantitative estimate of drug-likeness (QED) is 0.196. The summed E-state index contributed by atoms with van der Waals surface area (Å²) in [4.78, 5) is 13.6. The van der Waals surface area contributed by atoms with Gasteiger partial charge in [0.25, 0.3) is 5.69 Å². The van der Waals surface area contributed by atoms with Crippen LogP contribution >= 0.6 is 7.28 Å². The Morgan fingerprint density at radius 1 is 1.06 bits per heavy atom. The minimum atomic E-state index is -2.95. The number of rotatable bonds is 8. The Bertz CT molecular complexity index is 1180. The molecule has 0 saturated heterocycles. The molecule has 0 amide bonds. The van der Waals surface area contributed by atoms with E-state index in [9.17, 15) is 10.1 Å². The molecule has 1 aromatic heterocycles. The molecule has 0 unspecified atom stereocenters. The van der Waals surface area contributed by atoms with E-state index in [-0.39, 0.29) is 11.4 Å². The van der Waals surface area contributed by atoms with Gasteiger partial charge in [-0.15, -0.1) is 0 Å². The van der Waals surface area contributed by atoms with E-state index in [2.05, 4.69) is 18.7 Å². The van der Waals surface area contributed by atoms with Gasteiger partial charge in [0.2, 0.25) is 7.28 Å². The molecular formula is C25H32N3O4P. The Hall–Kier alpha value is -3.05. The van der Waals surface area contributed by atoms with Crippen molar-refractivity contribution in [1.82, 2.24) is 0 Å². The van der Waals surface area contributed by atoms with Crippen molar-refractivity contribution in [1.29, 1.82) is 0 Å². The van der Waals surface area contributed by atoms with Gasteiger partial charge in [-0.05, 0) is 51.1 Å². The number of nitro groups is 1. The van der Waals surface area contributed by atoms with E-state index in [1.807, 2.05) is 64.1 Å². The second kappa shape index (κ2) is 9.84. The Labute approximate surface area is 195 Å². The van der Waals surface area contributed by atoms with Crippen LogP contribution in [0.4, 0.5) is 17.1 Å². The van der Waals surface area contributed by atoms with E-state index >= 15 is 0 Å². The van der Waals surface area contributed by atoms with Crippen LogP contribution in [0, 0.1) is 17.0 Å². The van der Waals surface area contributed by atoms with Crippen LogP contribution in [0.5, 0.6) is 5.75 Å². The molecule has 0 saturated carbocycles. The number of aryl methyl sites for hydroxylation is 1. The maximum Gasteiger partial charge on any atom is 0.294 e. The lowest BCUT2D eigenvalue weighted by atomic mass is 10.2. The lowest BCUT2D eigenvalue weighted by molar-refractivity contribution is -0.384. The molecule has 3 rings (SSSR count). The van der Waals surface area contributed by atoms with Crippen LogP contribution in [-0.4, -0.2) is 23.2 Å². The topological polar surface area (TPSA) is 81.1 Å². The zero-order valence-electron chi connectivity index (χ0n) is 20.1. The molecule has 0 radical (unpaired) electrons. The van der Waals surface area contributed by atoms with Gasteiger partial charge in [-0.25, -0.2) is 4.74 Å². The van der Waals surface area contributed by atoms with Crippen molar-refractivity contribution in [2.45, 2.75) is 46.7 Å². The van der Waals surface area contributed by atoms with Crippen molar-refractivity contribution < 1.29 is 13.9 Å². The lowest BCUT2D eigenvalue weighted by Crippen LogP contribution is -2.26. The van der Waals surface area contributed by atoms with Crippen LogP contribution in [0.15, 0.2) is 69.8 Å². The van der Waals surface area contributed by atoms with E-state index in [4.69, 9.17) is 13.7 Å². The molecule has 176 valence electrons. The summed E-state index contributed by atoms with van der Waals surface area (Å²) in [7, 11) is -2.95. The molecule has 0 aliphatic rings. The summed E-state index contributed by atoms with van der Waals surface area (Å²) in [6.07, 6.45) is 0. The van der Waals surface area contributed by atoms with E-state index < -0.39 is 17.4 Å². The minimum Gasteiger partial charge on any atom is -0.457 e. The number of anilines is 1. The van der Waals surface area contributed by atoms with Gasteiger partial charge in [-0.2, -0.15) is 0 Å². The highest BCUT2D eigenvalue weighted by Gasteiger charge is 2.42. The standard InChI is InChI=1S/C25H32N3O4P/c1-7-27(8-2)20-12-11-13-21(18-20)32-33(25(4,5)6,24-17-16-19(3)31-24)26-22-14-9-10-15-23(22)28(29)30/h9-18H,7-8H2,1-6H3/t33-/m0/s1. The number of nitrogens with zero attached hydrogens (tertiary/aromatic N) is 3. The number of furan rings is 1. The SMILES string of the molecule is CCN(CC)c1cccc(O[P@@](=Nc2ccccc2[N+](=O)[O-])(c2ccc(C)o2)C(C)(C)C)c1. The first-order valence-corrected chi connectivity index (χ1v) is 12.7. The van der Waals surface area contributed by atoms with Crippen molar-refractivity contribution >= 4 is 29.8 Å². The van der Waals surface area contributed by atoms with Crippen molar-refractivity contribution in [3.8, 4) is 5.75 Å². The molecule has 1 atom stereocenters. The summed E-state index contributed by atoms with van der Waals surface area (Å²) in [6.45, 7) is 13.9. The predicted molar refractivity (Wildman–Crippen MR) is 136 cm³/mol. The molecule has 0 N–H and O–H groups in total. The van der Waals surface area contributed by atoms with Gasteiger partial charge in [0, 0.05) is 36.1 Å². The highest BCUT2D eigenvalue weighted by Crippen LogP contribution is 2.62. The normalized spacial score (nSPS) is 13.3. The van der Waals surface area contributed by atoms with E-state index in [0.717, 1.165) is 24.5 Å². The predicted octanol–water partition coefficient (Wildman–Crippen LogP) is 7.29. The average molecular weight is 470 g/mol. The van der Waals surface area contributed by atoms with Gasteiger partial charge in [0.05, 0.1) is 4.92 Å². The first-order valence-electron chi connectivity index (χ1n) is 11.1. The largest absolute Gasteiger partial charge is 0.457 e. The van der Waals surface area contributed by atoms with Crippen molar-refractivity contribution in [3.05, 3.63) is 76.5 Å². The van der Waals surface area contributed by atoms with E-state index in [0.29, 0.717) is 11.3 Å². The molecule has 0 spiro atoms. The van der Waals surface area contributed by atoms with Gasteiger partial charge in [0.15, 0.2) is 5.50 Å². The third-order valence-corrected chi connectivity index (χ3v) is 9.07. The molecule has 0 bridgehead atoms. The Morgan fingerprint density at radius 3 is 2.33 bits per heavy atom. The Kier molecular flexibility index (Phi) is 7.33. The molecule has 2 aromatic carbocycles. The molecule has 0 fully saturated rings. The smallest absolute Gasteiger partial charge is 0.294 e. The highest BCUT2D eigenvalue weighted by molar-refractivity contribution is 7.70. The van der Waals surface area contributed by atoms with E-state index in [1.165, 1.54) is 6.07 Å². The number of benzene rings is 2. The van der Waals surface area contributed by atoms with Crippen LogP contribution in [0.2, 0.25) is 0 Å². The fourth-order valence-electron chi connectivity index (χ4n) is 3.65. The maximum atomic E-state index is 11.7. The molecule has 3 aromatic rings. The zero-order chi connectivity index (χ0) is 24.2. The molecule has 33 heavy (non-hydrogen) atoms. The highest BCUT2D eigenvalue weighted by atomic mass is 31.2.